The lowest BCUT2D eigenvalue weighted by Crippen LogP contribution is -2.70. The number of nitrogens with one attached hydrogen (secondary N) is 4. The average molecular weight is 689 g/mol. The van der Waals surface area contributed by atoms with Gasteiger partial charge in [-0.3, -0.25) is 14.4 Å². The van der Waals surface area contributed by atoms with Gasteiger partial charge in [0.25, 0.3) is 5.91 Å². The summed E-state index contributed by atoms with van der Waals surface area (Å²) in [5, 5.41) is 35.9. The number of ketones is 1. The van der Waals surface area contributed by atoms with Gasteiger partial charge in [-0.1, -0.05) is 31.9 Å². The van der Waals surface area contributed by atoms with Gasteiger partial charge in [0.15, 0.2) is 17.1 Å². The van der Waals surface area contributed by atoms with Gasteiger partial charge >= 0.3 is 6.03 Å². The van der Waals surface area contributed by atoms with Crippen molar-refractivity contribution in [2.75, 3.05) is 18.8 Å². The van der Waals surface area contributed by atoms with Crippen LogP contribution in [0.5, 0.6) is 0 Å². The van der Waals surface area contributed by atoms with Crippen LogP contribution in [-0.4, -0.2) is 87.4 Å². The summed E-state index contributed by atoms with van der Waals surface area (Å²) in [5.41, 5.74) is -5.15. The van der Waals surface area contributed by atoms with Crippen LogP contribution in [0, 0.1) is 28.6 Å². The van der Waals surface area contributed by atoms with Crippen molar-refractivity contribution in [3.05, 3.63) is 23.8 Å². The minimum absolute atomic E-state index is 0.0375. The van der Waals surface area contributed by atoms with E-state index in [2.05, 4.69) is 21.3 Å². The third-order valence-corrected chi connectivity index (χ3v) is 14.6. The number of alkyl halides is 1. The first-order chi connectivity index (χ1) is 22.8. The molecule has 3 saturated carbocycles. The maximum atomic E-state index is 17.4. The lowest BCUT2D eigenvalue weighted by Gasteiger charge is -2.62. The number of allylic oxidation sites excluding steroid dienone is 4. The summed E-state index contributed by atoms with van der Waals surface area (Å²) < 4.78 is 17.4. The van der Waals surface area contributed by atoms with Gasteiger partial charge in [0.05, 0.1) is 18.2 Å². The molecule has 2 saturated heterocycles. The number of aliphatic hydroxyl groups excluding tert-OH is 1. The van der Waals surface area contributed by atoms with Gasteiger partial charge in [0.1, 0.15) is 0 Å². The molecule has 5 fully saturated rings. The highest BCUT2D eigenvalue weighted by Crippen LogP contribution is 2.70. The summed E-state index contributed by atoms with van der Waals surface area (Å²) in [5.74, 6) is -0.925. The van der Waals surface area contributed by atoms with Gasteiger partial charge in [-0.05, 0) is 88.7 Å². The van der Waals surface area contributed by atoms with Crippen molar-refractivity contribution >= 4 is 35.4 Å². The first-order valence-corrected chi connectivity index (χ1v) is 19.1. The standard InChI is InChI=1S/C36H53FN4O6S/c1-21-17-25-24-12-11-22-18-23(42)13-14-33(22,2)35(24,37)28(43)19-34(25,3)36(21,47)31(45)39-16-8-4-7-15-38-29(44)10-6-5-9-27-30-26(20-48-27)40-32(46)41-30/h13-14,18,21,24-28,30,43,47H,4-12,15-17,19-20H2,1-3H3,(H,38,44)(H,39,45)(H2,40,41,46)/t21-,24+,25+,26?,27?,28+,30?,33+,34+,35+,36+/m1/s1. The fourth-order valence-corrected chi connectivity index (χ4v) is 11.9. The molecule has 6 rings (SSSR count). The summed E-state index contributed by atoms with van der Waals surface area (Å²) in [6.07, 6.45) is 10.1. The second kappa shape index (κ2) is 13.4. The highest BCUT2D eigenvalue weighted by molar-refractivity contribution is 8.00. The highest BCUT2D eigenvalue weighted by atomic mass is 32.2. The SMILES string of the molecule is C[C@@H]1C[C@H]2[C@@H]3CCC4=CC(=O)C=C[C@]4(C)[C@@]3(F)[C@@H](O)C[C@]2(C)[C@@]1(O)C(=O)NCCCCCNC(=O)CCCCC1SCC2NC(=O)NC21. The van der Waals surface area contributed by atoms with Gasteiger partial charge in [0.2, 0.25) is 5.91 Å². The molecule has 0 spiro atoms. The Balaban J connectivity index is 0.924. The maximum absolute atomic E-state index is 17.4. The van der Waals surface area contributed by atoms with Crippen LogP contribution >= 0.6 is 11.8 Å². The smallest absolute Gasteiger partial charge is 0.315 e. The molecule has 4 aliphatic carbocycles. The quantitative estimate of drug-likeness (QED) is 0.136. The Morgan fingerprint density at radius 2 is 1.81 bits per heavy atom. The fourth-order valence-electron chi connectivity index (χ4n) is 10.4. The minimum atomic E-state index is -2.00. The second-order valence-electron chi connectivity index (χ2n) is 15.7. The van der Waals surface area contributed by atoms with Crippen LogP contribution in [-0.2, 0) is 14.4 Å². The zero-order chi connectivity index (χ0) is 34.5. The van der Waals surface area contributed by atoms with Crippen molar-refractivity contribution in [1.29, 1.82) is 0 Å². The van der Waals surface area contributed by atoms with E-state index in [0.29, 0.717) is 56.0 Å². The molecular weight excluding hydrogens is 635 g/mol. The lowest BCUT2D eigenvalue weighted by molar-refractivity contribution is -0.219. The van der Waals surface area contributed by atoms with Gasteiger partial charge in [-0.25, -0.2) is 9.18 Å². The number of halogens is 1. The van der Waals surface area contributed by atoms with Gasteiger partial charge in [-0.15, -0.1) is 0 Å². The summed E-state index contributed by atoms with van der Waals surface area (Å²) >= 11 is 1.88. The number of thioether (sulfide) groups is 1. The monoisotopic (exact) mass is 688 g/mol. The molecule has 0 radical (unpaired) electrons. The predicted octanol–water partition coefficient (Wildman–Crippen LogP) is 3.46. The molecule has 4 amide bonds. The van der Waals surface area contributed by atoms with E-state index in [1.165, 1.54) is 12.2 Å². The summed E-state index contributed by atoms with van der Waals surface area (Å²) in [6, 6.07) is 0.333. The molecule has 0 bridgehead atoms. The first-order valence-electron chi connectivity index (χ1n) is 18.0. The van der Waals surface area contributed by atoms with Crippen molar-refractivity contribution in [2.45, 2.75) is 126 Å². The highest BCUT2D eigenvalue weighted by Gasteiger charge is 2.75. The van der Waals surface area contributed by atoms with Crippen LogP contribution in [0.4, 0.5) is 9.18 Å². The summed E-state index contributed by atoms with van der Waals surface area (Å²) in [7, 11) is 0. The van der Waals surface area contributed by atoms with Crippen molar-refractivity contribution in [2.24, 2.45) is 28.6 Å². The molecule has 11 atom stereocenters. The van der Waals surface area contributed by atoms with E-state index in [1.807, 2.05) is 25.6 Å². The summed E-state index contributed by atoms with van der Waals surface area (Å²) in [6.45, 7) is 6.41. The molecule has 12 heteroatoms. The Labute approximate surface area is 287 Å². The molecule has 2 heterocycles. The Hall–Kier alpha value is -2.44. The van der Waals surface area contributed by atoms with Crippen molar-refractivity contribution in [3.8, 4) is 0 Å². The van der Waals surface area contributed by atoms with Crippen LogP contribution in [0.1, 0.15) is 91.4 Å². The van der Waals surface area contributed by atoms with E-state index in [0.717, 1.165) is 37.9 Å². The van der Waals surface area contributed by atoms with Crippen LogP contribution < -0.4 is 21.3 Å². The molecule has 266 valence electrons. The lowest BCUT2D eigenvalue weighted by atomic mass is 9.44. The Morgan fingerprint density at radius 1 is 1.06 bits per heavy atom. The third kappa shape index (κ3) is 5.71. The second-order valence-corrected chi connectivity index (χ2v) is 17.0. The normalized spacial score (nSPS) is 42.5. The number of amides is 4. The molecule has 6 aliphatic rings. The molecule has 0 aromatic heterocycles. The zero-order valence-electron chi connectivity index (χ0n) is 28.5. The number of hydrogen-bond donors (Lipinski definition) is 6. The van der Waals surface area contributed by atoms with Crippen LogP contribution in [0.15, 0.2) is 23.8 Å². The van der Waals surface area contributed by atoms with Gasteiger partial charge < -0.3 is 31.5 Å². The van der Waals surface area contributed by atoms with Gasteiger partial charge in [0, 0.05) is 47.3 Å². The molecule has 6 N–H and O–H groups in total. The molecule has 3 unspecified atom stereocenters. The Bertz CT molecular complexity index is 1380. The summed E-state index contributed by atoms with van der Waals surface area (Å²) in [4.78, 5) is 49.6. The molecule has 10 nitrogen and oxygen atoms in total. The zero-order valence-corrected chi connectivity index (χ0v) is 29.3. The van der Waals surface area contributed by atoms with Gasteiger partial charge in [-0.2, -0.15) is 11.8 Å². The van der Waals surface area contributed by atoms with Crippen molar-refractivity contribution in [3.63, 3.8) is 0 Å². The van der Waals surface area contributed by atoms with Crippen LogP contribution in [0.2, 0.25) is 0 Å². The largest absolute Gasteiger partial charge is 0.390 e. The van der Waals surface area contributed by atoms with E-state index in [-0.39, 0.29) is 42.1 Å². The average Bonchev–Trinajstić information content (AvgIpc) is 3.66. The van der Waals surface area contributed by atoms with Crippen molar-refractivity contribution < 1.29 is 33.8 Å². The molecule has 2 aliphatic heterocycles. The number of aliphatic hydroxyl groups is 2. The van der Waals surface area contributed by atoms with E-state index in [9.17, 15) is 29.4 Å². The minimum Gasteiger partial charge on any atom is -0.390 e. The maximum Gasteiger partial charge on any atom is 0.315 e. The van der Waals surface area contributed by atoms with E-state index >= 15 is 4.39 Å². The first kappa shape index (κ1) is 35.4. The number of carbonyl (C=O) groups excluding carboxylic acids is 4. The Kier molecular flexibility index (Phi) is 9.85. The van der Waals surface area contributed by atoms with E-state index in [1.54, 1.807) is 13.0 Å². The Morgan fingerprint density at radius 3 is 2.58 bits per heavy atom. The molecular formula is C36H53FN4O6S. The number of unbranched alkanes of at least 4 members (excludes halogenated alkanes) is 3. The fraction of sp³-hybridized carbons (Fsp3) is 0.778. The van der Waals surface area contributed by atoms with Crippen molar-refractivity contribution in [1.82, 2.24) is 21.3 Å². The molecule has 48 heavy (non-hydrogen) atoms. The van der Waals surface area contributed by atoms with E-state index in [4.69, 9.17) is 0 Å². The number of fused-ring (bicyclic) bond motifs is 6. The number of hydrogen-bond acceptors (Lipinski definition) is 7. The molecule has 0 aromatic rings. The topological polar surface area (TPSA) is 157 Å². The predicted molar refractivity (Wildman–Crippen MR) is 182 cm³/mol. The van der Waals surface area contributed by atoms with Crippen LogP contribution in [0.3, 0.4) is 0 Å². The number of carbonyl (C=O) groups is 4. The number of rotatable bonds is 12. The molecule has 0 aromatic carbocycles. The van der Waals surface area contributed by atoms with Crippen LogP contribution in [0.25, 0.3) is 0 Å². The number of urea groups is 1. The third-order valence-electron chi connectivity index (χ3n) is 13.1. The van der Waals surface area contributed by atoms with E-state index < -0.39 is 45.9 Å².